The van der Waals surface area contributed by atoms with Crippen LogP contribution in [0.3, 0.4) is 0 Å². The second kappa shape index (κ2) is 7.65. The number of hydrogen-bond acceptors (Lipinski definition) is 4. The Morgan fingerprint density at radius 3 is 2.37 bits per heavy atom. The molecular weight excluding hydrogens is 363 g/mol. The Bertz CT molecular complexity index is 810. The van der Waals surface area contributed by atoms with Crippen LogP contribution in [0.1, 0.15) is 28.3 Å². The van der Waals surface area contributed by atoms with Gasteiger partial charge in [-0.15, -0.1) is 0 Å². The van der Waals surface area contributed by atoms with Crippen molar-refractivity contribution in [3.8, 4) is 5.75 Å². The fourth-order valence-electron chi connectivity index (χ4n) is 2.62. The first kappa shape index (κ1) is 18.7. The number of ether oxygens (including phenoxy) is 1. The Morgan fingerprint density at radius 2 is 1.74 bits per heavy atom. The molecule has 2 amide bonds. The Morgan fingerprint density at radius 1 is 1.07 bits per heavy atom. The smallest absolute Gasteiger partial charge is 0.422 e. The number of carbonyl (C=O) groups is 2. The van der Waals surface area contributed by atoms with Gasteiger partial charge in [-0.25, -0.2) is 0 Å². The molecule has 1 aromatic carbocycles. The summed E-state index contributed by atoms with van der Waals surface area (Å²) in [5.41, 5.74) is 5.92. The minimum absolute atomic E-state index is 0.0421. The number of pyridine rings is 1. The van der Waals surface area contributed by atoms with Crippen LogP contribution < -0.4 is 15.6 Å². The molecule has 1 saturated carbocycles. The fraction of sp³-hybridized carbons (Fsp3) is 0.278. The molecule has 1 aromatic heterocycles. The van der Waals surface area contributed by atoms with Crippen molar-refractivity contribution in [2.45, 2.75) is 18.5 Å². The van der Waals surface area contributed by atoms with Crippen LogP contribution in [0.5, 0.6) is 5.75 Å². The molecular formula is C18H16F3N3O3. The highest BCUT2D eigenvalue weighted by atomic mass is 19.4. The molecule has 2 unspecified atom stereocenters. The molecule has 9 heteroatoms. The molecule has 1 aliphatic rings. The van der Waals surface area contributed by atoms with Crippen LogP contribution in [0.4, 0.5) is 13.2 Å². The predicted molar refractivity (Wildman–Crippen MR) is 88.7 cm³/mol. The van der Waals surface area contributed by atoms with Crippen LogP contribution in [0, 0.1) is 5.92 Å². The van der Waals surface area contributed by atoms with Gasteiger partial charge in [-0.3, -0.25) is 25.4 Å². The highest BCUT2D eigenvalue weighted by Gasteiger charge is 2.44. The van der Waals surface area contributed by atoms with Gasteiger partial charge in [-0.05, 0) is 42.2 Å². The van der Waals surface area contributed by atoms with Gasteiger partial charge in [-0.1, -0.05) is 12.1 Å². The van der Waals surface area contributed by atoms with Gasteiger partial charge in [0.2, 0.25) is 5.91 Å². The van der Waals surface area contributed by atoms with Gasteiger partial charge in [0.15, 0.2) is 6.61 Å². The zero-order chi connectivity index (χ0) is 19.4. The van der Waals surface area contributed by atoms with Crippen LogP contribution >= 0.6 is 0 Å². The Balaban J connectivity index is 1.47. The number of nitrogens with zero attached hydrogens (tertiary/aromatic N) is 1. The third-order valence-corrected chi connectivity index (χ3v) is 4.08. The van der Waals surface area contributed by atoms with Gasteiger partial charge < -0.3 is 4.74 Å². The quantitative estimate of drug-likeness (QED) is 0.783. The minimum atomic E-state index is -4.39. The van der Waals surface area contributed by atoms with E-state index >= 15 is 0 Å². The molecule has 3 rings (SSSR count). The highest BCUT2D eigenvalue weighted by molar-refractivity contribution is 5.95. The Kier molecular flexibility index (Phi) is 5.29. The van der Waals surface area contributed by atoms with E-state index in [4.69, 9.17) is 0 Å². The summed E-state index contributed by atoms with van der Waals surface area (Å²) in [6.45, 7) is -1.35. The van der Waals surface area contributed by atoms with Crippen molar-refractivity contribution in [2.24, 2.45) is 5.92 Å². The number of hydrogen-bond donors (Lipinski definition) is 2. The minimum Gasteiger partial charge on any atom is -0.484 e. The average Bonchev–Trinajstić information content (AvgIpc) is 3.45. The molecule has 27 heavy (non-hydrogen) atoms. The number of aromatic nitrogens is 1. The fourth-order valence-corrected chi connectivity index (χ4v) is 2.62. The lowest BCUT2D eigenvalue weighted by Crippen LogP contribution is -2.42. The number of rotatable bonds is 5. The van der Waals surface area contributed by atoms with E-state index in [-0.39, 0.29) is 23.5 Å². The van der Waals surface area contributed by atoms with Gasteiger partial charge >= 0.3 is 6.18 Å². The van der Waals surface area contributed by atoms with Crippen molar-refractivity contribution >= 4 is 11.8 Å². The third kappa shape index (κ3) is 5.19. The molecule has 2 aromatic rings. The van der Waals surface area contributed by atoms with Crippen molar-refractivity contribution in [1.82, 2.24) is 15.8 Å². The van der Waals surface area contributed by atoms with Crippen molar-refractivity contribution < 1.29 is 27.5 Å². The normalized spacial score (nSPS) is 18.5. The lowest BCUT2D eigenvalue weighted by Gasteiger charge is -2.10. The van der Waals surface area contributed by atoms with Crippen molar-refractivity contribution in [2.75, 3.05) is 6.61 Å². The first-order chi connectivity index (χ1) is 12.8. The molecule has 0 saturated heterocycles. The van der Waals surface area contributed by atoms with Gasteiger partial charge in [0.05, 0.1) is 0 Å². The monoisotopic (exact) mass is 379 g/mol. The number of amides is 2. The third-order valence-electron chi connectivity index (χ3n) is 4.08. The second-order valence-electron chi connectivity index (χ2n) is 6.10. The van der Waals surface area contributed by atoms with Gasteiger partial charge in [0.1, 0.15) is 5.75 Å². The number of hydrazine groups is 1. The standard InChI is InChI=1S/C18H16F3N3O3/c19-18(20,21)10-27-13-3-1-11(2-4-13)14-9-15(14)17(26)24-23-16(25)12-5-7-22-8-6-12/h1-8,14-15H,9-10H2,(H,23,25)(H,24,26). The number of nitrogens with one attached hydrogen (secondary N) is 2. The van der Waals surface area contributed by atoms with E-state index in [2.05, 4.69) is 20.6 Å². The van der Waals surface area contributed by atoms with E-state index in [1.165, 1.54) is 36.7 Å². The van der Waals surface area contributed by atoms with E-state index in [0.717, 1.165) is 5.56 Å². The molecule has 142 valence electrons. The SMILES string of the molecule is O=C(NNC(=O)C1CC1c1ccc(OCC(F)(F)F)cc1)c1ccncc1. The predicted octanol–water partition coefficient (Wildman–Crippen LogP) is 2.59. The summed E-state index contributed by atoms with van der Waals surface area (Å²) in [4.78, 5) is 27.8. The molecule has 1 aliphatic carbocycles. The summed E-state index contributed by atoms with van der Waals surface area (Å²) in [7, 11) is 0. The number of halogens is 3. The maximum absolute atomic E-state index is 12.1. The molecule has 1 fully saturated rings. The molecule has 0 radical (unpaired) electrons. The molecule has 2 N–H and O–H groups in total. The second-order valence-corrected chi connectivity index (χ2v) is 6.10. The van der Waals surface area contributed by atoms with E-state index in [0.29, 0.717) is 12.0 Å². The van der Waals surface area contributed by atoms with Crippen LogP contribution in [0.15, 0.2) is 48.8 Å². The van der Waals surface area contributed by atoms with Crippen LogP contribution in [0.2, 0.25) is 0 Å². The molecule has 2 atom stereocenters. The molecule has 1 heterocycles. The van der Waals surface area contributed by atoms with E-state index in [1.807, 2.05) is 0 Å². The first-order valence-electron chi connectivity index (χ1n) is 8.13. The van der Waals surface area contributed by atoms with Crippen LogP contribution in [-0.2, 0) is 4.79 Å². The zero-order valence-electron chi connectivity index (χ0n) is 14.0. The maximum atomic E-state index is 12.1. The largest absolute Gasteiger partial charge is 0.484 e. The molecule has 6 nitrogen and oxygen atoms in total. The van der Waals surface area contributed by atoms with Crippen LogP contribution in [-0.4, -0.2) is 29.6 Å². The Labute approximate surface area is 152 Å². The van der Waals surface area contributed by atoms with Gasteiger partial charge in [0, 0.05) is 23.9 Å². The summed E-state index contributed by atoms with van der Waals surface area (Å²) < 4.78 is 41.1. The van der Waals surface area contributed by atoms with Crippen molar-refractivity contribution in [3.63, 3.8) is 0 Å². The van der Waals surface area contributed by atoms with E-state index in [1.54, 1.807) is 12.1 Å². The van der Waals surface area contributed by atoms with Crippen molar-refractivity contribution in [3.05, 3.63) is 59.9 Å². The van der Waals surface area contributed by atoms with Crippen LogP contribution in [0.25, 0.3) is 0 Å². The van der Waals surface area contributed by atoms with Gasteiger partial charge in [-0.2, -0.15) is 13.2 Å². The number of benzene rings is 1. The molecule has 0 aliphatic heterocycles. The lowest BCUT2D eigenvalue weighted by molar-refractivity contribution is -0.153. The van der Waals surface area contributed by atoms with E-state index < -0.39 is 18.7 Å². The van der Waals surface area contributed by atoms with E-state index in [9.17, 15) is 22.8 Å². The summed E-state index contributed by atoms with van der Waals surface area (Å²) in [5, 5.41) is 0. The summed E-state index contributed by atoms with van der Waals surface area (Å²) >= 11 is 0. The molecule has 0 spiro atoms. The zero-order valence-corrected chi connectivity index (χ0v) is 14.0. The average molecular weight is 379 g/mol. The van der Waals surface area contributed by atoms with Crippen molar-refractivity contribution in [1.29, 1.82) is 0 Å². The topological polar surface area (TPSA) is 80.3 Å². The lowest BCUT2D eigenvalue weighted by atomic mass is 10.1. The Hall–Kier alpha value is -3.10. The molecule has 0 bridgehead atoms. The maximum Gasteiger partial charge on any atom is 0.422 e. The summed E-state index contributed by atoms with van der Waals surface area (Å²) in [6.07, 6.45) is -0.857. The number of carbonyl (C=O) groups excluding carboxylic acids is 2. The summed E-state index contributed by atoms with van der Waals surface area (Å²) in [6, 6.07) is 9.20. The highest BCUT2D eigenvalue weighted by Crippen LogP contribution is 2.47. The van der Waals surface area contributed by atoms with Gasteiger partial charge in [0.25, 0.3) is 5.91 Å². The first-order valence-corrected chi connectivity index (χ1v) is 8.13. The number of alkyl halides is 3. The summed E-state index contributed by atoms with van der Waals surface area (Å²) in [5.74, 6) is -1.000.